The van der Waals surface area contributed by atoms with Gasteiger partial charge in [0.1, 0.15) is 0 Å². The average molecular weight is 409 g/mol. The van der Waals surface area contributed by atoms with Crippen molar-refractivity contribution < 1.29 is 9.59 Å². The van der Waals surface area contributed by atoms with Crippen LogP contribution in [0.25, 0.3) is 11.1 Å². The minimum Gasteiger partial charge on any atom is -0.340 e. The molecule has 0 spiro atoms. The molecule has 2 N–H and O–H groups in total. The summed E-state index contributed by atoms with van der Waals surface area (Å²) < 4.78 is 0. The van der Waals surface area contributed by atoms with Crippen molar-refractivity contribution in [1.82, 2.24) is 14.7 Å². The fraction of sp³-hybridized carbons (Fsp3) is 0.417. The second kappa shape index (κ2) is 9.87. The van der Waals surface area contributed by atoms with Crippen LogP contribution in [0.1, 0.15) is 28.8 Å². The van der Waals surface area contributed by atoms with E-state index in [1.807, 2.05) is 47.4 Å². The predicted molar refractivity (Wildman–Crippen MR) is 120 cm³/mol. The average Bonchev–Trinajstić information content (AvgIpc) is 2.78. The molecule has 6 nitrogen and oxygen atoms in total. The van der Waals surface area contributed by atoms with Crippen molar-refractivity contribution in [2.24, 2.45) is 5.73 Å². The fourth-order valence-electron chi connectivity index (χ4n) is 3.94. The molecular formula is C24H32N4O2. The highest BCUT2D eigenvalue weighted by molar-refractivity contribution is 5.94. The van der Waals surface area contributed by atoms with E-state index in [-0.39, 0.29) is 18.4 Å². The van der Waals surface area contributed by atoms with Crippen LogP contribution in [-0.4, -0.2) is 73.3 Å². The van der Waals surface area contributed by atoms with Crippen LogP contribution in [0.4, 0.5) is 0 Å². The van der Waals surface area contributed by atoms with Crippen molar-refractivity contribution in [3.8, 4) is 11.1 Å². The van der Waals surface area contributed by atoms with E-state index in [0.29, 0.717) is 12.6 Å². The standard InChI is InChI=1S/C24H32N4O2/c1-26(2)22-11-13-28(14-12-22)24(30)20-9-7-19(8-10-20)21-6-4-5-18(15-21)17-27(3)23(29)16-25/h4-10,15,22H,11-14,16-17,25H2,1-3H3. The van der Waals surface area contributed by atoms with Gasteiger partial charge in [-0.1, -0.05) is 30.3 Å². The first kappa shape index (κ1) is 22.0. The number of rotatable bonds is 6. The number of hydrogen-bond donors (Lipinski definition) is 1. The maximum atomic E-state index is 12.9. The highest BCUT2D eigenvalue weighted by atomic mass is 16.2. The van der Waals surface area contributed by atoms with Gasteiger partial charge in [0.15, 0.2) is 0 Å². The maximum absolute atomic E-state index is 12.9. The van der Waals surface area contributed by atoms with Crippen molar-refractivity contribution in [3.63, 3.8) is 0 Å². The molecule has 0 bridgehead atoms. The smallest absolute Gasteiger partial charge is 0.253 e. The number of benzene rings is 2. The Morgan fingerprint density at radius 3 is 2.27 bits per heavy atom. The van der Waals surface area contributed by atoms with Gasteiger partial charge in [-0.15, -0.1) is 0 Å². The van der Waals surface area contributed by atoms with E-state index < -0.39 is 0 Å². The highest BCUT2D eigenvalue weighted by Crippen LogP contribution is 2.23. The van der Waals surface area contributed by atoms with Gasteiger partial charge in [-0.3, -0.25) is 9.59 Å². The van der Waals surface area contributed by atoms with E-state index in [0.717, 1.165) is 48.2 Å². The number of carbonyl (C=O) groups excluding carboxylic acids is 2. The van der Waals surface area contributed by atoms with E-state index in [1.54, 1.807) is 11.9 Å². The fourth-order valence-corrected chi connectivity index (χ4v) is 3.94. The molecule has 3 rings (SSSR count). The Kier molecular flexibility index (Phi) is 7.24. The number of carbonyl (C=O) groups is 2. The van der Waals surface area contributed by atoms with Crippen LogP contribution >= 0.6 is 0 Å². The van der Waals surface area contributed by atoms with Crippen LogP contribution < -0.4 is 5.73 Å². The Morgan fingerprint density at radius 2 is 1.67 bits per heavy atom. The maximum Gasteiger partial charge on any atom is 0.253 e. The van der Waals surface area contributed by atoms with Crippen LogP contribution in [-0.2, 0) is 11.3 Å². The van der Waals surface area contributed by atoms with E-state index in [1.165, 1.54) is 0 Å². The second-order valence-corrected chi connectivity index (χ2v) is 8.22. The van der Waals surface area contributed by atoms with Gasteiger partial charge in [0.25, 0.3) is 5.91 Å². The van der Waals surface area contributed by atoms with Gasteiger partial charge in [-0.25, -0.2) is 0 Å². The first-order valence-electron chi connectivity index (χ1n) is 10.5. The summed E-state index contributed by atoms with van der Waals surface area (Å²) in [7, 11) is 5.96. The number of likely N-dealkylation sites (N-methyl/N-ethyl adjacent to an activating group) is 1. The number of amides is 2. The molecule has 0 radical (unpaired) electrons. The molecule has 2 aromatic carbocycles. The van der Waals surface area contributed by atoms with E-state index in [4.69, 9.17) is 5.73 Å². The van der Waals surface area contributed by atoms with Crippen molar-refractivity contribution in [2.45, 2.75) is 25.4 Å². The zero-order valence-electron chi connectivity index (χ0n) is 18.2. The Morgan fingerprint density at radius 1 is 1.00 bits per heavy atom. The number of piperidine rings is 1. The molecule has 2 amide bonds. The predicted octanol–water partition coefficient (Wildman–Crippen LogP) is 2.44. The number of nitrogens with two attached hydrogens (primary N) is 1. The quantitative estimate of drug-likeness (QED) is 0.797. The molecule has 2 aromatic rings. The van der Waals surface area contributed by atoms with Gasteiger partial charge in [0.05, 0.1) is 6.54 Å². The lowest BCUT2D eigenvalue weighted by Crippen LogP contribution is -2.44. The summed E-state index contributed by atoms with van der Waals surface area (Å²) in [4.78, 5) is 30.4. The van der Waals surface area contributed by atoms with Gasteiger partial charge >= 0.3 is 0 Å². The molecular weight excluding hydrogens is 376 g/mol. The molecule has 0 aromatic heterocycles. The molecule has 6 heteroatoms. The van der Waals surface area contributed by atoms with E-state index in [9.17, 15) is 9.59 Å². The Bertz CT molecular complexity index is 871. The Labute approximate surface area is 179 Å². The Balaban J connectivity index is 1.66. The van der Waals surface area contributed by atoms with Crippen molar-refractivity contribution in [3.05, 3.63) is 59.7 Å². The van der Waals surface area contributed by atoms with Crippen LogP contribution in [0, 0.1) is 0 Å². The molecule has 1 fully saturated rings. The third-order valence-corrected chi connectivity index (χ3v) is 5.89. The summed E-state index contributed by atoms with van der Waals surface area (Å²) in [6, 6.07) is 16.5. The summed E-state index contributed by atoms with van der Waals surface area (Å²) in [6.45, 7) is 2.14. The van der Waals surface area contributed by atoms with Gasteiger partial charge in [0, 0.05) is 38.3 Å². The summed E-state index contributed by atoms with van der Waals surface area (Å²) >= 11 is 0. The lowest BCUT2D eigenvalue weighted by atomic mass is 10.00. The van der Waals surface area contributed by atoms with Crippen LogP contribution in [0.15, 0.2) is 48.5 Å². The molecule has 160 valence electrons. The molecule has 0 saturated carbocycles. The second-order valence-electron chi connectivity index (χ2n) is 8.22. The third-order valence-electron chi connectivity index (χ3n) is 5.89. The topological polar surface area (TPSA) is 69.9 Å². The third kappa shape index (κ3) is 5.26. The lowest BCUT2D eigenvalue weighted by Gasteiger charge is -2.35. The summed E-state index contributed by atoms with van der Waals surface area (Å²) in [5.41, 5.74) is 9.32. The van der Waals surface area contributed by atoms with Crippen molar-refractivity contribution in [2.75, 3.05) is 40.8 Å². The van der Waals surface area contributed by atoms with Crippen LogP contribution in [0.5, 0.6) is 0 Å². The molecule has 1 aliphatic rings. The SMILES string of the molecule is CN(Cc1cccc(-c2ccc(C(=O)N3CCC(N(C)C)CC3)cc2)c1)C(=O)CN. The molecule has 30 heavy (non-hydrogen) atoms. The first-order chi connectivity index (χ1) is 14.4. The number of nitrogens with zero attached hydrogens (tertiary/aromatic N) is 3. The summed E-state index contributed by atoms with van der Waals surface area (Å²) in [5, 5.41) is 0. The van der Waals surface area contributed by atoms with Gasteiger partial charge in [0.2, 0.25) is 5.91 Å². The van der Waals surface area contributed by atoms with Gasteiger partial charge in [-0.2, -0.15) is 0 Å². The molecule has 1 heterocycles. The van der Waals surface area contributed by atoms with Gasteiger partial charge in [-0.05, 0) is 61.8 Å². The Hall–Kier alpha value is -2.70. The highest BCUT2D eigenvalue weighted by Gasteiger charge is 2.24. The molecule has 0 atom stereocenters. The molecule has 0 aliphatic carbocycles. The monoisotopic (exact) mass is 408 g/mol. The van der Waals surface area contributed by atoms with Crippen molar-refractivity contribution >= 4 is 11.8 Å². The van der Waals surface area contributed by atoms with Crippen molar-refractivity contribution in [1.29, 1.82) is 0 Å². The minimum absolute atomic E-state index is 0.0124. The molecule has 1 aliphatic heterocycles. The largest absolute Gasteiger partial charge is 0.340 e. The number of hydrogen-bond acceptors (Lipinski definition) is 4. The number of likely N-dealkylation sites (tertiary alicyclic amines) is 1. The minimum atomic E-state index is -0.0853. The molecule has 0 unspecified atom stereocenters. The van der Waals surface area contributed by atoms with Crippen LogP contribution in [0.2, 0.25) is 0 Å². The van der Waals surface area contributed by atoms with Crippen LogP contribution in [0.3, 0.4) is 0 Å². The van der Waals surface area contributed by atoms with Gasteiger partial charge < -0.3 is 20.4 Å². The normalized spacial score (nSPS) is 14.8. The summed E-state index contributed by atoms with van der Waals surface area (Å²) in [5.74, 6) is 0.0207. The first-order valence-corrected chi connectivity index (χ1v) is 10.5. The lowest BCUT2D eigenvalue weighted by molar-refractivity contribution is -0.128. The molecule has 1 saturated heterocycles. The zero-order valence-corrected chi connectivity index (χ0v) is 18.2. The van der Waals surface area contributed by atoms with E-state index in [2.05, 4.69) is 25.1 Å². The van der Waals surface area contributed by atoms with E-state index >= 15 is 0 Å². The summed E-state index contributed by atoms with van der Waals surface area (Å²) in [6.07, 6.45) is 2.04. The zero-order chi connectivity index (χ0) is 21.7.